The van der Waals surface area contributed by atoms with Gasteiger partial charge in [0.2, 0.25) is 4.96 Å². The summed E-state index contributed by atoms with van der Waals surface area (Å²) in [6.45, 7) is 1.90. The second-order valence-electron chi connectivity index (χ2n) is 3.67. The summed E-state index contributed by atoms with van der Waals surface area (Å²) in [5.74, 6) is 0.207. The summed E-state index contributed by atoms with van der Waals surface area (Å²) in [6.07, 6.45) is 0. The lowest BCUT2D eigenvalue weighted by atomic mass is 10.1. The van der Waals surface area contributed by atoms with Crippen LogP contribution in [0, 0.1) is 12.7 Å². The number of benzene rings is 1. The number of aryl methyl sites for hydroxylation is 1. The molecule has 0 radical (unpaired) electrons. The SMILES string of the molecule is Cc1nn2c(N)c(-c3ccc(F)cc3)nc2s1. The summed E-state index contributed by atoms with van der Waals surface area (Å²) in [7, 11) is 0. The molecule has 4 nitrogen and oxygen atoms in total. The van der Waals surface area contributed by atoms with E-state index in [0.717, 1.165) is 15.5 Å². The maximum absolute atomic E-state index is 12.8. The lowest BCUT2D eigenvalue weighted by molar-refractivity contribution is 0.628. The van der Waals surface area contributed by atoms with E-state index in [1.807, 2.05) is 6.92 Å². The van der Waals surface area contributed by atoms with Crippen molar-refractivity contribution >= 4 is 22.1 Å². The Kier molecular flexibility index (Phi) is 2.12. The number of anilines is 1. The zero-order valence-corrected chi connectivity index (χ0v) is 9.83. The van der Waals surface area contributed by atoms with E-state index < -0.39 is 0 Å². The number of nitrogens with zero attached hydrogens (tertiary/aromatic N) is 3. The molecular formula is C11H9FN4S. The van der Waals surface area contributed by atoms with Crippen LogP contribution in [0.1, 0.15) is 5.01 Å². The van der Waals surface area contributed by atoms with E-state index in [1.165, 1.54) is 23.5 Å². The summed E-state index contributed by atoms with van der Waals surface area (Å²) < 4.78 is 14.4. The molecule has 0 aliphatic rings. The number of halogens is 1. The van der Waals surface area contributed by atoms with Gasteiger partial charge in [-0.3, -0.25) is 0 Å². The summed E-state index contributed by atoms with van der Waals surface area (Å²) in [5, 5.41) is 5.16. The van der Waals surface area contributed by atoms with Crippen LogP contribution in [-0.4, -0.2) is 14.6 Å². The number of hydrogen-bond acceptors (Lipinski definition) is 4. The Morgan fingerprint density at radius 3 is 2.65 bits per heavy atom. The first-order valence-electron chi connectivity index (χ1n) is 5.03. The summed E-state index contributed by atoms with van der Waals surface area (Å²) in [5.41, 5.74) is 7.41. The fraction of sp³-hybridized carbons (Fsp3) is 0.0909. The Balaban J connectivity index is 2.20. The molecule has 0 saturated carbocycles. The van der Waals surface area contributed by atoms with Gasteiger partial charge in [-0.15, -0.1) is 0 Å². The molecule has 1 aromatic carbocycles. The molecule has 6 heteroatoms. The van der Waals surface area contributed by atoms with E-state index in [9.17, 15) is 4.39 Å². The number of nitrogen functional groups attached to an aromatic ring is 1. The molecule has 0 bridgehead atoms. The van der Waals surface area contributed by atoms with Crippen LogP contribution in [0.15, 0.2) is 24.3 Å². The van der Waals surface area contributed by atoms with Crippen LogP contribution in [-0.2, 0) is 0 Å². The Bertz CT molecular complexity index is 683. The molecule has 17 heavy (non-hydrogen) atoms. The largest absolute Gasteiger partial charge is 0.382 e. The maximum Gasteiger partial charge on any atom is 0.214 e. The van der Waals surface area contributed by atoms with E-state index in [-0.39, 0.29) is 5.82 Å². The van der Waals surface area contributed by atoms with Crippen LogP contribution >= 0.6 is 11.3 Å². The lowest BCUT2D eigenvalue weighted by Crippen LogP contribution is -1.95. The highest BCUT2D eigenvalue weighted by molar-refractivity contribution is 7.16. The Morgan fingerprint density at radius 1 is 1.29 bits per heavy atom. The molecule has 0 aliphatic heterocycles. The van der Waals surface area contributed by atoms with Gasteiger partial charge in [0.05, 0.1) is 0 Å². The fourth-order valence-electron chi connectivity index (χ4n) is 1.68. The Labute approximate surface area is 101 Å². The van der Waals surface area contributed by atoms with E-state index in [0.29, 0.717) is 11.5 Å². The monoisotopic (exact) mass is 248 g/mol. The highest BCUT2D eigenvalue weighted by Gasteiger charge is 2.14. The molecule has 3 rings (SSSR count). The lowest BCUT2D eigenvalue weighted by Gasteiger charge is -1.98. The second kappa shape index (κ2) is 3.53. The Hall–Kier alpha value is -1.95. The van der Waals surface area contributed by atoms with Gasteiger partial charge in [-0.25, -0.2) is 9.37 Å². The van der Waals surface area contributed by atoms with Crippen LogP contribution in [0.2, 0.25) is 0 Å². The predicted molar refractivity (Wildman–Crippen MR) is 65.4 cm³/mol. The van der Waals surface area contributed by atoms with Gasteiger partial charge in [0.25, 0.3) is 0 Å². The van der Waals surface area contributed by atoms with E-state index in [1.54, 1.807) is 16.6 Å². The standard InChI is InChI=1S/C11H9FN4S/c1-6-15-16-10(13)9(14-11(16)17-6)7-2-4-8(12)5-3-7/h2-5H,13H2,1H3. The minimum absolute atomic E-state index is 0.276. The minimum atomic E-state index is -0.276. The molecular weight excluding hydrogens is 239 g/mol. The normalized spacial score (nSPS) is 11.2. The van der Waals surface area contributed by atoms with Gasteiger partial charge in [-0.1, -0.05) is 11.3 Å². The van der Waals surface area contributed by atoms with Gasteiger partial charge in [0.1, 0.15) is 16.5 Å². The zero-order valence-electron chi connectivity index (χ0n) is 9.01. The number of imidazole rings is 1. The van der Waals surface area contributed by atoms with Crippen molar-refractivity contribution in [2.24, 2.45) is 0 Å². The predicted octanol–water partition coefficient (Wildman–Crippen LogP) is 2.49. The molecule has 0 fully saturated rings. The number of hydrogen-bond donors (Lipinski definition) is 1. The first kappa shape index (κ1) is 10.2. The summed E-state index contributed by atoms with van der Waals surface area (Å²) in [6, 6.07) is 6.10. The molecule has 0 spiro atoms. The van der Waals surface area contributed by atoms with Crippen molar-refractivity contribution in [3.8, 4) is 11.3 Å². The van der Waals surface area contributed by atoms with Gasteiger partial charge in [0.15, 0.2) is 5.82 Å². The van der Waals surface area contributed by atoms with Crippen LogP contribution in [0.4, 0.5) is 10.2 Å². The van der Waals surface area contributed by atoms with Crippen LogP contribution in [0.3, 0.4) is 0 Å². The van der Waals surface area contributed by atoms with Crippen molar-refractivity contribution in [1.29, 1.82) is 0 Å². The van der Waals surface area contributed by atoms with Crippen molar-refractivity contribution in [2.45, 2.75) is 6.92 Å². The molecule has 2 aromatic heterocycles. The first-order chi connectivity index (χ1) is 8.15. The third-order valence-corrected chi connectivity index (χ3v) is 3.28. The van der Waals surface area contributed by atoms with Crippen molar-refractivity contribution in [2.75, 3.05) is 5.73 Å². The van der Waals surface area contributed by atoms with E-state index in [2.05, 4.69) is 10.1 Å². The van der Waals surface area contributed by atoms with Crippen LogP contribution in [0.25, 0.3) is 16.2 Å². The van der Waals surface area contributed by atoms with Crippen molar-refractivity contribution < 1.29 is 4.39 Å². The third-order valence-electron chi connectivity index (χ3n) is 2.46. The topological polar surface area (TPSA) is 56.2 Å². The molecule has 0 aliphatic carbocycles. The van der Waals surface area contributed by atoms with Crippen molar-refractivity contribution in [1.82, 2.24) is 14.6 Å². The average molecular weight is 248 g/mol. The van der Waals surface area contributed by atoms with Gasteiger partial charge in [-0.2, -0.15) is 9.61 Å². The minimum Gasteiger partial charge on any atom is -0.382 e. The molecule has 2 N–H and O–H groups in total. The fourth-order valence-corrected chi connectivity index (χ4v) is 2.43. The van der Waals surface area contributed by atoms with E-state index >= 15 is 0 Å². The average Bonchev–Trinajstić information content (AvgIpc) is 2.79. The molecule has 0 saturated heterocycles. The number of rotatable bonds is 1. The first-order valence-corrected chi connectivity index (χ1v) is 5.84. The molecule has 3 aromatic rings. The second-order valence-corrected chi connectivity index (χ2v) is 4.83. The number of nitrogens with two attached hydrogens (primary N) is 1. The van der Waals surface area contributed by atoms with E-state index in [4.69, 9.17) is 5.73 Å². The van der Waals surface area contributed by atoms with Gasteiger partial charge in [0, 0.05) is 5.56 Å². The third kappa shape index (κ3) is 1.57. The van der Waals surface area contributed by atoms with Gasteiger partial charge >= 0.3 is 0 Å². The Morgan fingerprint density at radius 2 is 2.00 bits per heavy atom. The highest BCUT2D eigenvalue weighted by Crippen LogP contribution is 2.28. The quantitative estimate of drug-likeness (QED) is 0.719. The highest BCUT2D eigenvalue weighted by atomic mass is 32.1. The molecule has 0 amide bonds. The molecule has 0 unspecified atom stereocenters. The van der Waals surface area contributed by atoms with Gasteiger partial charge < -0.3 is 5.73 Å². The molecule has 0 atom stereocenters. The van der Waals surface area contributed by atoms with Crippen LogP contribution in [0.5, 0.6) is 0 Å². The summed E-state index contributed by atoms with van der Waals surface area (Å²) in [4.78, 5) is 5.15. The summed E-state index contributed by atoms with van der Waals surface area (Å²) >= 11 is 1.47. The number of aromatic nitrogens is 3. The number of fused-ring (bicyclic) bond motifs is 1. The van der Waals surface area contributed by atoms with Crippen molar-refractivity contribution in [3.63, 3.8) is 0 Å². The smallest absolute Gasteiger partial charge is 0.214 e. The van der Waals surface area contributed by atoms with Crippen molar-refractivity contribution in [3.05, 3.63) is 35.1 Å². The van der Waals surface area contributed by atoms with Crippen LogP contribution < -0.4 is 5.73 Å². The molecule has 2 heterocycles. The zero-order chi connectivity index (χ0) is 12.0. The maximum atomic E-state index is 12.8. The van der Waals surface area contributed by atoms with Gasteiger partial charge in [-0.05, 0) is 31.2 Å². The molecule has 86 valence electrons.